The van der Waals surface area contributed by atoms with Crippen LogP contribution in [0.25, 0.3) is 10.8 Å². The van der Waals surface area contributed by atoms with Gasteiger partial charge in [-0.3, -0.25) is 19.3 Å². The van der Waals surface area contributed by atoms with E-state index in [-0.39, 0.29) is 36.2 Å². The fraction of sp³-hybridized carbons (Fsp3) is 0.192. The topological polar surface area (TPSA) is 119 Å². The van der Waals surface area contributed by atoms with Crippen molar-refractivity contribution in [3.63, 3.8) is 0 Å². The smallest absolute Gasteiger partial charge is 0.337 e. The lowest BCUT2D eigenvalue weighted by atomic mass is 9.94. The van der Waals surface area contributed by atoms with E-state index in [1.54, 1.807) is 24.3 Å². The highest BCUT2D eigenvalue weighted by atomic mass is 16.5. The zero-order valence-electron chi connectivity index (χ0n) is 19.1. The number of rotatable bonds is 7. The molecule has 1 aliphatic heterocycles. The highest BCUT2D eigenvalue weighted by Crippen LogP contribution is 2.30. The maximum Gasteiger partial charge on any atom is 0.337 e. The van der Waals surface area contributed by atoms with Gasteiger partial charge in [0.25, 0.3) is 11.8 Å². The summed E-state index contributed by atoms with van der Waals surface area (Å²) in [7, 11) is 2.40. The molecule has 3 amide bonds. The number of amides is 3. The van der Waals surface area contributed by atoms with Gasteiger partial charge in [-0.15, -0.1) is 0 Å². The van der Waals surface area contributed by atoms with E-state index < -0.39 is 29.7 Å². The lowest BCUT2D eigenvalue weighted by molar-refractivity contribution is -0.116. The van der Waals surface area contributed by atoms with Crippen LogP contribution in [-0.4, -0.2) is 55.3 Å². The number of nitrogens with one attached hydrogen (secondary N) is 1. The molecule has 0 atom stereocenters. The van der Waals surface area contributed by atoms with Gasteiger partial charge in [0, 0.05) is 35.2 Å². The van der Waals surface area contributed by atoms with Gasteiger partial charge in [0.15, 0.2) is 0 Å². The molecule has 0 fully saturated rings. The Kier molecular flexibility index (Phi) is 6.59. The minimum Gasteiger partial charge on any atom is -0.465 e. The van der Waals surface area contributed by atoms with E-state index in [4.69, 9.17) is 0 Å². The van der Waals surface area contributed by atoms with Gasteiger partial charge in [0.05, 0.1) is 25.3 Å². The average molecular weight is 474 g/mol. The molecule has 1 N–H and O–H groups in total. The molecule has 3 aromatic carbocycles. The van der Waals surface area contributed by atoms with E-state index in [1.807, 2.05) is 12.1 Å². The summed E-state index contributed by atoms with van der Waals surface area (Å²) in [5.41, 5.74) is 1.27. The van der Waals surface area contributed by atoms with E-state index in [2.05, 4.69) is 14.8 Å². The van der Waals surface area contributed by atoms with Crippen molar-refractivity contribution >= 4 is 46.1 Å². The van der Waals surface area contributed by atoms with Crippen LogP contribution in [0.2, 0.25) is 0 Å². The molecule has 178 valence electrons. The Bertz CT molecular complexity index is 1290. The standard InChI is InChI=1S/C26H22N2O7/c1-34-25(32)16-12-17(26(33)35-2)14-18(13-16)27-21(29)10-5-11-28-23(30)19-8-3-6-15-7-4-9-20(22(15)19)24(28)31/h3-4,6-9,12-14H,5,10-11H2,1-2H3,(H,27,29). The first-order valence-electron chi connectivity index (χ1n) is 10.8. The lowest BCUT2D eigenvalue weighted by Gasteiger charge is -2.27. The molecular formula is C26H22N2O7. The van der Waals surface area contributed by atoms with Crippen molar-refractivity contribution in [2.75, 3.05) is 26.1 Å². The van der Waals surface area contributed by atoms with E-state index in [0.717, 1.165) is 10.3 Å². The number of carbonyl (C=O) groups is 5. The van der Waals surface area contributed by atoms with Crippen LogP contribution in [0.1, 0.15) is 54.3 Å². The highest BCUT2D eigenvalue weighted by Gasteiger charge is 2.32. The van der Waals surface area contributed by atoms with Gasteiger partial charge in [-0.25, -0.2) is 9.59 Å². The van der Waals surface area contributed by atoms with Crippen molar-refractivity contribution in [2.24, 2.45) is 0 Å². The number of ether oxygens (including phenoxy) is 2. The zero-order valence-corrected chi connectivity index (χ0v) is 19.1. The van der Waals surface area contributed by atoms with Gasteiger partial charge in [-0.1, -0.05) is 24.3 Å². The van der Waals surface area contributed by atoms with E-state index in [9.17, 15) is 24.0 Å². The monoisotopic (exact) mass is 474 g/mol. The predicted molar refractivity (Wildman–Crippen MR) is 126 cm³/mol. The van der Waals surface area contributed by atoms with E-state index in [0.29, 0.717) is 16.5 Å². The molecule has 0 aromatic heterocycles. The molecule has 1 heterocycles. The summed E-state index contributed by atoms with van der Waals surface area (Å²) in [5.74, 6) is -2.56. The quantitative estimate of drug-likeness (QED) is 0.412. The molecule has 35 heavy (non-hydrogen) atoms. The molecule has 0 spiro atoms. The minimum atomic E-state index is -0.677. The van der Waals surface area contributed by atoms with E-state index in [1.165, 1.54) is 32.4 Å². The lowest BCUT2D eigenvalue weighted by Crippen LogP contribution is -2.41. The first kappa shape index (κ1) is 23.6. The number of benzene rings is 3. The van der Waals surface area contributed by atoms with Gasteiger partial charge < -0.3 is 14.8 Å². The molecule has 9 heteroatoms. The first-order chi connectivity index (χ1) is 16.8. The Morgan fingerprint density at radius 1 is 0.829 bits per heavy atom. The average Bonchev–Trinajstić information content (AvgIpc) is 2.87. The second-order valence-corrected chi connectivity index (χ2v) is 7.91. The molecule has 0 bridgehead atoms. The summed E-state index contributed by atoms with van der Waals surface area (Å²) in [6.07, 6.45) is 0.223. The van der Waals surface area contributed by atoms with Crippen molar-refractivity contribution < 1.29 is 33.4 Å². The van der Waals surface area contributed by atoms with Gasteiger partial charge >= 0.3 is 11.9 Å². The Morgan fingerprint density at radius 2 is 1.37 bits per heavy atom. The SMILES string of the molecule is COC(=O)c1cc(NC(=O)CCCN2C(=O)c3cccc4cccc(c34)C2=O)cc(C(=O)OC)c1. The third kappa shape index (κ3) is 4.61. The number of nitrogens with zero attached hydrogens (tertiary/aromatic N) is 1. The van der Waals surface area contributed by atoms with Crippen LogP contribution in [0.3, 0.4) is 0 Å². The molecule has 0 aliphatic carbocycles. The molecule has 0 radical (unpaired) electrons. The van der Waals surface area contributed by atoms with Crippen molar-refractivity contribution in [1.82, 2.24) is 4.90 Å². The number of carbonyl (C=O) groups excluding carboxylic acids is 5. The van der Waals surface area contributed by atoms with Crippen molar-refractivity contribution in [2.45, 2.75) is 12.8 Å². The Labute approximate surface area is 200 Å². The summed E-state index contributed by atoms with van der Waals surface area (Å²) in [4.78, 5) is 63.4. The van der Waals surface area contributed by atoms with Gasteiger partial charge in [-0.05, 0) is 42.1 Å². The van der Waals surface area contributed by atoms with Crippen LogP contribution in [0.15, 0.2) is 54.6 Å². The van der Waals surface area contributed by atoms with Crippen molar-refractivity contribution in [3.8, 4) is 0 Å². The third-order valence-electron chi connectivity index (χ3n) is 5.70. The number of methoxy groups -OCH3 is 2. The predicted octanol–water partition coefficient (Wildman–Crippen LogP) is 3.43. The summed E-state index contributed by atoms with van der Waals surface area (Å²) >= 11 is 0. The Hall–Kier alpha value is -4.53. The maximum absolute atomic E-state index is 13.0. The zero-order chi connectivity index (χ0) is 25.1. The Balaban J connectivity index is 1.44. The van der Waals surface area contributed by atoms with Gasteiger partial charge in [0.2, 0.25) is 5.91 Å². The van der Waals surface area contributed by atoms with Crippen LogP contribution in [0.5, 0.6) is 0 Å². The summed E-state index contributed by atoms with van der Waals surface area (Å²) < 4.78 is 9.38. The molecule has 4 rings (SSSR count). The second kappa shape index (κ2) is 9.76. The fourth-order valence-electron chi connectivity index (χ4n) is 4.08. The number of hydrogen-bond donors (Lipinski definition) is 1. The van der Waals surface area contributed by atoms with E-state index >= 15 is 0 Å². The first-order valence-corrected chi connectivity index (χ1v) is 10.8. The van der Waals surface area contributed by atoms with Crippen LogP contribution in [0.4, 0.5) is 5.69 Å². The number of hydrogen-bond acceptors (Lipinski definition) is 7. The Morgan fingerprint density at radius 3 is 1.89 bits per heavy atom. The van der Waals surface area contributed by atoms with Crippen molar-refractivity contribution in [3.05, 3.63) is 76.9 Å². The normalized spacial score (nSPS) is 12.5. The second-order valence-electron chi connectivity index (χ2n) is 7.91. The van der Waals surface area contributed by atoms with Gasteiger partial charge in [0.1, 0.15) is 0 Å². The molecule has 1 aliphatic rings. The van der Waals surface area contributed by atoms with Crippen molar-refractivity contribution in [1.29, 1.82) is 0 Å². The fourth-order valence-corrected chi connectivity index (χ4v) is 4.08. The van der Waals surface area contributed by atoms with Crippen LogP contribution in [0, 0.1) is 0 Å². The molecule has 9 nitrogen and oxygen atoms in total. The number of esters is 2. The summed E-state index contributed by atoms with van der Waals surface area (Å²) in [5, 5.41) is 4.09. The van der Waals surface area contributed by atoms with Gasteiger partial charge in [-0.2, -0.15) is 0 Å². The molecular weight excluding hydrogens is 452 g/mol. The number of imide groups is 1. The molecule has 0 saturated carbocycles. The highest BCUT2D eigenvalue weighted by molar-refractivity contribution is 6.25. The molecule has 0 unspecified atom stereocenters. The van der Waals surface area contributed by atoms with Crippen LogP contribution >= 0.6 is 0 Å². The van der Waals surface area contributed by atoms with Crippen LogP contribution in [-0.2, 0) is 14.3 Å². The summed E-state index contributed by atoms with van der Waals surface area (Å²) in [6.45, 7) is 0.0609. The number of anilines is 1. The third-order valence-corrected chi connectivity index (χ3v) is 5.70. The summed E-state index contributed by atoms with van der Waals surface area (Å²) in [6, 6.07) is 14.7. The largest absolute Gasteiger partial charge is 0.465 e. The molecule has 3 aromatic rings. The van der Waals surface area contributed by atoms with Crippen LogP contribution < -0.4 is 5.32 Å². The minimum absolute atomic E-state index is 0.00107. The maximum atomic E-state index is 13.0. The molecule has 0 saturated heterocycles.